The number of unbranched alkanes of at least 4 members (excludes halogenated alkanes) is 2. The second-order valence-corrected chi connectivity index (χ2v) is 8.19. The SMILES string of the molecule is COc1ccc(/C=N/NC(=O)CCCCCNC(=O)c2ccccc2)cc1CN1CCOCC1. The number of nitrogens with zero attached hydrogens (tertiary/aromatic N) is 2. The van der Waals surface area contributed by atoms with Crippen LogP contribution in [0.4, 0.5) is 0 Å². The molecule has 1 saturated heterocycles. The van der Waals surface area contributed by atoms with Gasteiger partial charge in [0.1, 0.15) is 5.75 Å². The van der Waals surface area contributed by atoms with Gasteiger partial charge in [0, 0.05) is 43.7 Å². The van der Waals surface area contributed by atoms with Crippen LogP contribution in [0.25, 0.3) is 0 Å². The van der Waals surface area contributed by atoms with Crippen molar-refractivity contribution in [3.63, 3.8) is 0 Å². The maximum atomic E-state index is 12.1. The number of methoxy groups -OCH3 is 1. The van der Waals surface area contributed by atoms with Crippen molar-refractivity contribution < 1.29 is 19.1 Å². The lowest BCUT2D eigenvalue weighted by Gasteiger charge is -2.27. The van der Waals surface area contributed by atoms with E-state index < -0.39 is 0 Å². The maximum absolute atomic E-state index is 12.1. The molecule has 1 fully saturated rings. The van der Waals surface area contributed by atoms with Crippen LogP contribution < -0.4 is 15.5 Å². The fourth-order valence-electron chi connectivity index (χ4n) is 3.72. The van der Waals surface area contributed by atoms with Crippen molar-refractivity contribution in [3.8, 4) is 5.75 Å². The molecule has 0 radical (unpaired) electrons. The summed E-state index contributed by atoms with van der Waals surface area (Å²) >= 11 is 0. The second kappa shape index (κ2) is 14.1. The number of carbonyl (C=O) groups excluding carboxylic acids is 2. The Morgan fingerprint density at radius 2 is 1.88 bits per heavy atom. The Hall–Kier alpha value is -3.23. The Bertz CT molecular complexity index is 943. The van der Waals surface area contributed by atoms with E-state index in [1.807, 2.05) is 36.4 Å². The first-order valence-electron chi connectivity index (χ1n) is 11.8. The molecule has 3 rings (SSSR count). The Morgan fingerprint density at radius 3 is 2.65 bits per heavy atom. The van der Waals surface area contributed by atoms with Gasteiger partial charge in [-0.3, -0.25) is 14.5 Å². The lowest BCUT2D eigenvalue weighted by Crippen LogP contribution is -2.35. The lowest BCUT2D eigenvalue weighted by molar-refractivity contribution is -0.121. The summed E-state index contributed by atoms with van der Waals surface area (Å²) < 4.78 is 10.9. The van der Waals surface area contributed by atoms with E-state index in [0.717, 1.165) is 69.0 Å². The van der Waals surface area contributed by atoms with Crippen molar-refractivity contribution in [3.05, 3.63) is 65.2 Å². The molecule has 1 aliphatic heterocycles. The number of nitrogens with one attached hydrogen (secondary N) is 2. The normalized spacial score (nSPS) is 14.1. The van der Waals surface area contributed by atoms with E-state index in [2.05, 4.69) is 20.7 Å². The van der Waals surface area contributed by atoms with E-state index in [9.17, 15) is 9.59 Å². The average Bonchev–Trinajstić information content (AvgIpc) is 2.87. The quantitative estimate of drug-likeness (QED) is 0.285. The summed E-state index contributed by atoms with van der Waals surface area (Å²) in [5, 5.41) is 7.00. The summed E-state index contributed by atoms with van der Waals surface area (Å²) in [6.45, 7) is 4.67. The predicted molar refractivity (Wildman–Crippen MR) is 132 cm³/mol. The first kappa shape index (κ1) is 25.4. The number of hydrogen-bond donors (Lipinski definition) is 2. The van der Waals surface area contributed by atoms with Crippen LogP contribution in [-0.4, -0.2) is 62.9 Å². The largest absolute Gasteiger partial charge is 0.496 e. The Kier molecular flexibility index (Phi) is 10.5. The smallest absolute Gasteiger partial charge is 0.251 e. The van der Waals surface area contributed by atoms with Gasteiger partial charge >= 0.3 is 0 Å². The molecule has 0 bridgehead atoms. The van der Waals surface area contributed by atoms with Crippen LogP contribution in [0.1, 0.15) is 47.2 Å². The average molecular weight is 467 g/mol. The minimum atomic E-state index is -0.119. The molecule has 0 saturated carbocycles. The molecule has 1 heterocycles. The molecule has 2 aromatic carbocycles. The van der Waals surface area contributed by atoms with Gasteiger partial charge in [0.2, 0.25) is 5.91 Å². The highest BCUT2D eigenvalue weighted by molar-refractivity contribution is 5.94. The summed E-state index contributed by atoms with van der Waals surface area (Å²) in [7, 11) is 1.67. The van der Waals surface area contributed by atoms with Gasteiger partial charge in [0.25, 0.3) is 5.91 Å². The Balaban J connectivity index is 1.34. The van der Waals surface area contributed by atoms with Crippen LogP contribution in [0.3, 0.4) is 0 Å². The highest BCUT2D eigenvalue weighted by Crippen LogP contribution is 2.21. The first-order valence-corrected chi connectivity index (χ1v) is 11.8. The third-order valence-corrected chi connectivity index (χ3v) is 5.61. The zero-order valence-electron chi connectivity index (χ0n) is 19.8. The van der Waals surface area contributed by atoms with Crippen molar-refractivity contribution in [2.24, 2.45) is 5.10 Å². The maximum Gasteiger partial charge on any atom is 0.251 e. The van der Waals surface area contributed by atoms with Gasteiger partial charge < -0.3 is 14.8 Å². The molecule has 0 aromatic heterocycles. The van der Waals surface area contributed by atoms with Crippen molar-refractivity contribution in [2.45, 2.75) is 32.2 Å². The van der Waals surface area contributed by atoms with Crippen LogP contribution in [0.15, 0.2) is 53.6 Å². The molecular formula is C26H34N4O4. The standard InChI is InChI=1S/C26H34N4O4/c1-33-24-12-11-21(18-23(24)20-30-14-16-34-17-15-30)19-28-29-25(31)10-6-3-7-13-27-26(32)22-8-4-2-5-9-22/h2,4-5,8-9,11-12,18-19H,3,6-7,10,13-17,20H2,1H3,(H,27,32)(H,29,31)/b28-19+. The van der Waals surface area contributed by atoms with Gasteiger partial charge in [0.05, 0.1) is 26.5 Å². The van der Waals surface area contributed by atoms with Crippen molar-refractivity contribution in [1.82, 2.24) is 15.6 Å². The number of hydrogen-bond acceptors (Lipinski definition) is 6. The molecule has 2 amide bonds. The van der Waals surface area contributed by atoms with Gasteiger partial charge in [-0.2, -0.15) is 5.10 Å². The fourth-order valence-corrected chi connectivity index (χ4v) is 3.72. The zero-order valence-corrected chi connectivity index (χ0v) is 19.8. The van der Waals surface area contributed by atoms with Crippen LogP contribution in [0.2, 0.25) is 0 Å². The summed E-state index contributed by atoms with van der Waals surface area (Å²) in [5.41, 5.74) is 5.23. The number of benzene rings is 2. The molecule has 1 aliphatic rings. The third kappa shape index (κ3) is 8.61. The molecule has 2 aromatic rings. The van der Waals surface area contributed by atoms with Crippen molar-refractivity contribution in [2.75, 3.05) is 40.0 Å². The van der Waals surface area contributed by atoms with Gasteiger partial charge in [0.15, 0.2) is 0 Å². The van der Waals surface area contributed by atoms with E-state index in [4.69, 9.17) is 9.47 Å². The molecule has 8 nitrogen and oxygen atoms in total. The number of ether oxygens (including phenoxy) is 2. The first-order chi connectivity index (χ1) is 16.7. The van der Waals surface area contributed by atoms with E-state index in [0.29, 0.717) is 18.5 Å². The number of carbonyl (C=O) groups is 2. The minimum absolute atomic E-state index is 0.0701. The molecule has 0 spiro atoms. The Morgan fingerprint density at radius 1 is 1.09 bits per heavy atom. The highest BCUT2D eigenvalue weighted by Gasteiger charge is 2.13. The Labute approximate surface area is 201 Å². The third-order valence-electron chi connectivity index (χ3n) is 5.61. The van der Waals surface area contributed by atoms with Gasteiger partial charge in [-0.05, 0) is 48.7 Å². The number of amides is 2. The van der Waals surface area contributed by atoms with Gasteiger partial charge in [-0.25, -0.2) is 5.43 Å². The number of morpholine rings is 1. The predicted octanol–water partition coefficient (Wildman–Crippen LogP) is 2.97. The second-order valence-electron chi connectivity index (χ2n) is 8.19. The number of hydrazone groups is 1. The highest BCUT2D eigenvalue weighted by atomic mass is 16.5. The topological polar surface area (TPSA) is 92.3 Å². The van der Waals surface area contributed by atoms with Gasteiger partial charge in [-0.1, -0.05) is 24.6 Å². The van der Waals surface area contributed by atoms with Crippen LogP contribution in [0, 0.1) is 0 Å². The van der Waals surface area contributed by atoms with E-state index in [1.54, 1.807) is 25.5 Å². The minimum Gasteiger partial charge on any atom is -0.496 e. The van der Waals surface area contributed by atoms with Crippen LogP contribution >= 0.6 is 0 Å². The van der Waals surface area contributed by atoms with Crippen molar-refractivity contribution >= 4 is 18.0 Å². The zero-order chi connectivity index (χ0) is 24.0. The van der Waals surface area contributed by atoms with E-state index in [-0.39, 0.29) is 11.8 Å². The molecule has 0 unspecified atom stereocenters. The van der Waals surface area contributed by atoms with E-state index >= 15 is 0 Å². The molecule has 0 atom stereocenters. The summed E-state index contributed by atoms with van der Waals surface area (Å²) in [4.78, 5) is 26.4. The summed E-state index contributed by atoms with van der Waals surface area (Å²) in [6.07, 6.45) is 4.48. The number of rotatable bonds is 12. The van der Waals surface area contributed by atoms with E-state index in [1.165, 1.54) is 0 Å². The molecule has 34 heavy (non-hydrogen) atoms. The summed E-state index contributed by atoms with van der Waals surface area (Å²) in [6, 6.07) is 15.0. The van der Waals surface area contributed by atoms with Gasteiger partial charge in [-0.15, -0.1) is 0 Å². The molecule has 8 heteroatoms. The summed E-state index contributed by atoms with van der Waals surface area (Å²) in [5.74, 6) is 0.651. The molecular weight excluding hydrogens is 432 g/mol. The lowest BCUT2D eigenvalue weighted by atomic mass is 10.1. The van der Waals surface area contributed by atoms with Crippen LogP contribution in [-0.2, 0) is 16.1 Å². The molecule has 182 valence electrons. The molecule has 0 aliphatic carbocycles. The molecule has 2 N–H and O–H groups in total. The van der Waals surface area contributed by atoms with Crippen LogP contribution in [0.5, 0.6) is 5.75 Å². The monoisotopic (exact) mass is 466 g/mol. The fraction of sp³-hybridized carbons (Fsp3) is 0.423. The van der Waals surface area contributed by atoms with Crippen molar-refractivity contribution in [1.29, 1.82) is 0 Å².